The van der Waals surface area contributed by atoms with Gasteiger partial charge in [0.25, 0.3) is 0 Å². The SMILES string of the molecule is C1=CC(c2cccc3c2oc2c(-c4ccccc4)cccc23)CC=C1N(c1ccc(-c2ccc(-c3ccccc3)c(-c3ccccc3)c2)cc1)c1cccc2oc3ccccc3c12. The van der Waals surface area contributed by atoms with Crippen molar-refractivity contribution < 1.29 is 8.83 Å². The Morgan fingerprint density at radius 2 is 1.02 bits per heavy atom. The van der Waals surface area contributed by atoms with Crippen molar-refractivity contribution in [2.24, 2.45) is 0 Å². The Labute approximate surface area is 366 Å². The van der Waals surface area contributed by atoms with Gasteiger partial charge in [-0.1, -0.05) is 188 Å². The van der Waals surface area contributed by atoms with Crippen LogP contribution in [-0.2, 0) is 0 Å². The van der Waals surface area contributed by atoms with Crippen molar-refractivity contribution in [1.29, 1.82) is 0 Å². The van der Waals surface area contributed by atoms with Gasteiger partial charge in [-0.05, 0) is 87.8 Å². The van der Waals surface area contributed by atoms with Crippen molar-refractivity contribution in [3.8, 4) is 44.5 Å². The fourth-order valence-electron chi connectivity index (χ4n) is 9.61. The Hall–Kier alpha value is -8.14. The minimum absolute atomic E-state index is 0.144. The highest BCUT2D eigenvalue weighted by atomic mass is 16.3. The summed E-state index contributed by atoms with van der Waals surface area (Å²) in [6, 6.07) is 75.5. The molecule has 3 nitrogen and oxygen atoms in total. The molecule has 0 bridgehead atoms. The van der Waals surface area contributed by atoms with Crippen LogP contribution in [0.5, 0.6) is 0 Å². The van der Waals surface area contributed by atoms with Gasteiger partial charge in [0.1, 0.15) is 22.3 Å². The molecule has 12 rings (SSSR count). The first-order valence-electron chi connectivity index (χ1n) is 21.7. The molecule has 0 amide bonds. The molecule has 1 atom stereocenters. The van der Waals surface area contributed by atoms with E-state index in [9.17, 15) is 0 Å². The molecule has 2 heterocycles. The van der Waals surface area contributed by atoms with E-state index >= 15 is 0 Å². The smallest absolute Gasteiger partial charge is 0.143 e. The lowest BCUT2D eigenvalue weighted by atomic mass is 9.89. The average Bonchev–Trinajstić information content (AvgIpc) is 3.95. The number of rotatable bonds is 8. The highest BCUT2D eigenvalue weighted by Crippen LogP contribution is 2.45. The molecule has 0 saturated heterocycles. The number of fused-ring (bicyclic) bond motifs is 6. The zero-order valence-corrected chi connectivity index (χ0v) is 34.5. The third-order valence-corrected chi connectivity index (χ3v) is 12.6. The molecule has 0 spiro atoms. The lowest BCUT2D eigenvalue weighted by Crippen LogP contribution is -2.17. The normalized spacial score (nSPS) is 13.8. The average molecular weight is 808 g/mol. The Balaban J connectivity index is 0.940. The number of furan rings is 2. The molecular formula is C60H41NO2. The number of para-hydroxylation sites is 3. The first kappa shape index (κ1) is 36.7. The summed E-state index contributed by atoms with van der Waals surface area (Å²) in [4.78, 5) is 2.39. The van der Waals surface area contributed by atoms with Crippen molar-refractivity contribution >= 4 is 55.3 Å². The van der Waals surface area contributed by atoms with Gasteiger partial charge in [-0.2, -0.15) is 0 Å². The highest BCUT2D eigenvalue weighted by molar-refractivity contribution is 6.13. The van der Waals surface area contributed by atoms with E-state index in [1.54, 1.807) is 0 Å². The summed E-state index contributed by atoms with van der Waals surface area (Å²) in [5.74, 6) is 0.144. The van der Waals surface area contributed by atoms with Crippen LogP contribution in [0.4, 0.5) is 11.4 Å². The van der Waals surface area contributed by atoms with Crippen LogP contribution >= 0.6 is 0 Å². The number of nitrogens with zero attached hydrogens (tertiary/aromatic N) is 1. The van der Waals surface area contributed by atoms with Gasteiger partial charge in [-0.3, -0.25) is 0 Å². The van der Waals surface area contributed by atoms with Gasteiger partial charge in [0.15, 0.2) is 0 Å². The summed E-state index contributed by atoms with van der Waals surface area (Å²) in [5.41, 5.74) is 17.5. The molecule has 1 aliphatic carbocycles. The van der Waals surface area contributed by atoms with Gasteiger partial charge in [0, 0.05) is 44.6 Å². The zero-order valence-electron chi connectivity index (χ0n) is 34.5. The Morgan fingerprint density at radius 1 is 0.413 bits per heavy atom. The monoisotopic (exact) mass is 807 g/mol. The van der Waals surface area contributed by atoms with Crippen LogP contribution < -0.4 is 4.90 Å². The zero-order chi connectivity index (χ0) is 41.7. The maximum absolute atomic E-state index is 6.85. The number of hydrogen-bond donors (Lipinski definition) is 0. The molecule has 63 heavy (non-hydrogen) atoms. The quantitative estimate of drug-likeness (QED) is 0.153. The fraction of sp³-hybridized carbons (Fsp3) is 0.0333. The van der Waals surface area contributed by atoms with Gasteiger partial charge < -0.3 is 13.7 Å². The van der Waals surface area contributed by atoms with Gasteiger partial charge in [-0.15, -0.1) is 0 Å². The minimum Gasteiger partial charge on any atom is -0.456 e. The Bertz CT molecular complexity index is 3520. The van der Waals surface area contributed by atoms with Crippen LogP contribution in [0, 0.1) is 0 Å². The maximum atomic E-state index is 6.85. The van der Waals surface area contributed by atoms with Gasteiger partial charge >= 0.3 is 0 Å². The summed E-state index contributed by atoms with van der Waals surface area (Å²) in [6.45, 7) is 0. The van der Waals surface area contributed by atoms with E-state index in [-0.39, 0.29) is 5.92 Å². The van der Waals surface area contributed by atoms with E-state index in [1.165, 1.54) is 33.4 Å². The van der Waals surface area contributed by atoms with Crippen LogP contribution in [-0.4, -0.2) is 0 Å². The first-order valence-corrected chi connectivity index (χ1v) is 21.7. The molecule has 0 radical (unpaired) electrons. The van der Waals surface area contributed by atoms with Gasteiger partial charge in [0.05, 0.1) is 11.1 Å². The van der Waals surface area contributed by atoms with E-state index in [2.05, 4.69) is 229 Å². The van der Waals surface area contributed by atoms with Crippen LogP contribution in [0.3, 0.4) is 0 Å². The second kappa shape index (κ2) is 15.4. The Kier molecular flexibility index (Phi) is 8.97. The molecule has 11 aromatic rings. The lowest BCUT2D eigenvalue weighted by molar-refractivity contribution is 0.658. The fourth-order valence-corrected chi connectivity index (χ4v) is 9.61. The van der Waals surface area contributed by atoms with Crippen LogP contribution in [0.1, 0.15) is 17.9 Å². The van der Waals surface area contributed by atoms with E-state index in [1.807, 2.05) is 6.07 Å². The lowest BCUT2D eigenvalue weighted by Gasteiger charge is -2.30. The third-order valence-electron chi connectivity index (χ3n) is 12.6. The Morgan fingerprint density at radius 3 is 1.75 bits per heavy atom. The number of allylic oxidation sites excluding steroid dienone is 3. The molecule has 298 valence electrons. The minimum atomic E-state index is 0.144. The van der Waals surface area contributed by atoms with E-state index < -0.39 is 0 Å². The predicted molar refractivity (Wildman–Crippen MR) is 262 cm³/mol. The van der Waals surface area contributed by atoms with Crippen molar-refractivity contribution in [1.82, 2.24) is 0 Å². The number of hydrogen-bond acceptors (Lipinski definition) is 3. The van der Waals surface area contributed by atoms with Crippen LogP contribution in [0.15, 0.2) is 245 Å². The molecule has 9 aromatic carbocycles. The topological polar surface area (TPSA) is 29.5 Å². The summed E-state index contributed by atoms with van der Waals surface area (Å²) in [6.07, 6.45) is 7.84. The van der Waals surface area contributed by atoms with Gasteiger partial charge in [-0.25, -0.2) is 0 Å². The predicted octanol–water partition coefficient (Wildman–Crippen LogP) is 16.9. The third kappa shape index (κ3) is 6.45. The largest absolute Gasteiger partial charge is 0.456 e. The molecule has 0 N–H and O–H groups in total. The first-order chi connectivity index (χ1) is 31.2. The molecular weight excluding hydrogens is 767 g/mol. The number of benzene rings is 9. The molecule has 3 heteroatoms. The molecule has 0 aliphatic heterocycles. The molecule has 1 aliphatic rings. The highest BCUT2D eigenvalue weighted by Gasteiger charge is 2.24. The van der Waals surface area contributed by atoms with E-state index in [0.717, 1.165) is 84.1 Å². The second-order valence-electron chi connectivity index (χ2n) is 16.3. The van der Waals surface area contributed by atoms with Crippen molar-refractivity contribution in [3.05, 3.63) is 242 Å². The van der Waals surface area contributed by atoms with Gasteiger partial charge in [0.2, 0.25) is 0 Å². The number of anilines is 2. The standard InChI is InChI=1S/C60H41NO2/c1-4-15-41(16-5-1)48-38-33-45(39-54(48)43-19-8-3-9-20-43)40-29-34-46(35-30-40)61(55-26-14-28-57-58(55)53-21-10-11-27-56(53)62-57)47-36-31-44(32-37-47)50-23-13-25-52-51-24-12-22-49(59(51)63-60(50)52)42-17-6-2-7-18-42/h1-31,33-39,44H,32H2. The summed E-state index contributed by atoms with van der Waals surface area (Å²) >= 11 is 0. The van der Waals surface area contributed by atoms with E-state index in [0.29, 0.717) is 0 Å². The summed E-state index contributed by atoms with van der Waals surface area (Å²) < 4.78 is 13.3. The van der Waals surface area contributed by atoms with Crippen molar-refractivity contribution in [3.63, 3.8) is 0 Å². The molecule has 0 fully saturated rings. The van der Waals surface area contributed by atoms with Crippen molar-refractivity contribution in [2.45, 2.75) is 12.3 Å². The van der Waals surface area contributed by atoms with Crippen LogP contribution in [0.2, 0.25) is 0 Å². The summed E-state index contributed by atoms with van der Waals surface area (Å²) in [7, 11) is 0. The van der Waals surface area contributed by atoms with Crippen molar-refractivity contribution in [2.75, 3.05) is 4.90 Å². The van der Waals surface area contributed by atoms with Crippen LogP contribution in [0.25, 0.3) is 88.4 Å². The summed E-state index contributed by atoms with van der Waals surface area (Å²) in [5, 5.41) is 4.48. The van der Waals surface area contributed by atoms with E-state index in [4.69, 9.17) is 8.83 Å². The molecule has 2 aromatic heterocycles. The molecule has 1 unspecified atom stereocenters. The second-order valence-corrected chi connectivity index (χ2v) is 16.3. The molecule has 0 saturated carbocycles. The maximum Gasteiger partial charge on any atom is 0.143 e.